The molecule has 0 bridgehead atoms. The van der Waals surface area contributed by atoms with E-state index in [2.05, 4.69) is 17.2 Å². The number of carbonyl (C=O) groups is 1. The lowest BCUT2D eigenvalue weighted by molar-refractivity contribution is 0.0697. The van der Waals surface area contributed by atoms with Gasteiger partial charge in [0, 0.05) is 36.6 Å². The number of carbonyl (C=O) groups excluding carboxylic acids is 1. The van der Waals surface area contributed by atoms with E-state index in [4.69, 9.17) is 9.47 Å². The van der Waals surface area contributed by atoms with Crippen LogP contribution in [0.15, 0.2) is 36.5 Å². The standard InChI is InChI=1S/C20H23N3O3/c1-14-5-8-23(9-6-14)20(24)15-4-7-21-19(12-15)22-16-2-3-17-18(13-16)26-11-10-25-17/h2-4,7,12-14H,5-6,8-11H2,1H3,(H,21,22). The molecule has 1 fully saturated rings. The molecule has 26 heavy (non-hydrogen) atoms. The molecule has 1 amide bonds. The summed E-state index contributed by atoms with van der Waals surface area (Å²) in [5, 5.41) is 3.24. The Morgan fingerprint density at radius 1 is 1.12 bits per heavy atom. The third-order valence-corrected chi connectivity index (χ3v) is 4.89. The summed E-state index contributed by atoms with van der Waals surface area (Å²) in [6, 6.07) is 9.25. The highest BCUT2D eigenvalue weighted by atomic mass is 16.6. The summed E-state index contributed by atoms with van der Waals surface area (Å²) >= 11 is 0. The van der Waals surface area contributed by atoms with Crippen molar-refractivity contribution < 1.29 is 14.3 Å². The van der Waals surface area contributed by atoms with Gasteiger partial charge in [-0.1, -0.05) is 6.92 Å². The molecule has 6 heteroatoms. The summed E-state index contributed by atoms with van der Waals surface area (Å²) in [5.41, 5.74) is 1.51. The Kier molecular flexibility index (Phi) is 4.65. The normalized spacial score (nSPS) is 17.0. The molecular formula is C20H23N3O3. The number of benzene rings is 1. The molecule has 0 unspecified atom stereocenters. The van der Waals surface area contributed by atoms with Gasteiger partial charge in [0.1, 0.15) is 19.0 Å². The number of rotatable bonds is 3. The van der Waals surface area contributed by atoms with Gasteiger partial charge >= 0.3 is 0 Å². The van der Waals surface area contributed by atoms with E-state index in [-0.39, 0.29) is 5.91 Å². The largest absolute Gasteiger partial charge is 0.486 e. The molecule has 2 aliphatic rings. The number of anilines is 2. The Morgan fingerprint density at radius 2 is 1.88 bits per heavy atom. The van der Waals surface area contributed by atoms with Crippen molar-refractivity contribution in [2.45, 2.75) is 19.8 Å². The number of aromatic nitrogens is 1. The van der Waals surface area contributed by atoms with E-state index in [1.165, 1.54) is 0 Å². The molecule has 0 aliphatic carbocycles. The van der Waals surface area contributed by atoms with Crippen molar-refractivity contribution in [3.05, 3.63) is 42.1 Å². The molecule has 1 aromatic carbocycles. The maximum absolute atomic E-state index is 12.7. The molecule has 2 aliphatic heterocycles. The van der Waals surface area contributed by atoms with Gasteiger partial charge in [-0.2, -0.15) is 0 Å². The molecule has 4 rings (SSSR count). The lowest BCUT2D eigenvalue weighted by Gasteiger charge is -2.30. The molecule has 0 radical (unpaired) electrons. The van der Waals surface area contributed by atoms with Gasteiger partial charge in [-0.15, -0.1) is 0 Å². The summed E-state index contributed by atoms with van der Waals surface area (Å²) < 4.78 is 11.1. The second kappa shape index (κ2) is 7.23. The number of hydrogen-bond acceptors (Lipinski definition) is 5. The quantitative estimate of drug-likeness (QED) is 0.915. The van der Waals surface area contributed by atoms with Crippen LogP contribution in [0.2, 0.25) is 0 Å². The van der Waals surface area contributed by atoms with Gasteiger partial charge in [-0.3, -0.25) is 4.79 Å². The van der Waals surface area contributed by atoms with Crippen LogP contribution >= 0.6 is 0 Å². The molecule has 1 N–H and O–H groups in total. The highest BCUT2D eigenvalue weighted by Gasteiger charge is 2.21. The van der Waals surface area contributed by atoms with Gasteiger partial charge in [0.15, 0.2) is 11.5 Å². The van der Waals surface area contributed by atoms with Crippen LogP contribution in [0.3, 0.4) is 0 Å². The number of nitrogens with one attached hydrogen (secondary N) is 1. The third kappa shape index (κ3) is 3.59. The lowest BCUT2D eigenvalue weighted by Crippen LogP contribution is -2.37. The van der Waals surface area contributed by atoms with E-state index in [9.17, 15) is 4.79 Å². The minimum Gasteiger partial charge on any atom is -0.486 e. The smallest absolute Gasteiger partial charge is 0.254 e. The number of nitrogens with zero attached hydrogens (tertiary/aromatic N) is 2. The van der Waals surface area contributed by atoms with Gasteiger partial charge in [0.05, 0.1) is 0 Å². The zero-order valence-electron chi connectivity index (χ0n) is 14.9. The maximum Gasteiger partial charge on any atom is 0.254 e. The predicted octanol–water partition coefficient (Wildman–Crippen LogP) is 3.47. The van der Waals surface area contributed by atoms with Crippen LogP contribution < -0.4 is 14.8 Å². The van der Waals surface area contributed by atoms with Gasteiger partial charge in [-0.05, 0) is 43.0 Å². The molecular weight excluding hydrogens is 330 g/mol. The zero-order valence-corrected chi connectivity index (χ0v) is 14.9. The van der Waals surface area contributed by atoms with Crippen molar-refractivity contribution in [1.82, 2.24) is 9.88 Å². The summed E-state index contributed by atoms with van der Waals surface area (Å²) in [6.45, 7) is 5.01. The van der Waals surface area contributed by atoms with Crippen LogP contribution in [-0.2, 0) is 0 Å². The van der Waals surface area contributed by atoms with E-state index in [0.717, 1.165) is 43.1 Å². The van der Waals surface area contributed by atoms with Gasteiger partial charge < -0.3 is 19.7 Å². The number of hydrogen-bond donors (Lipinski definition) is 1. The lowest BCUT2D eigenvalue weighted by atomic mass is 9.99. The second-order valence-corrected chi connectivity index (χ2v) is 6.89. The van der Waals surface area contributed by atoms with Crippen molar-refractivity contribution in [2.24, 2.45) is 5.92 Å². The molecule has 0 saturated carbocycles. The van der Waals surface area contributed by atoms with Crippen molar-refractivity contribution in [3.8, 4) is 11.5 Å². The molecule has 0 atom stereocenters. The first-order valence-electron chi connectivity index (χ1n) is 9.11. The number of likely N-dealkylation sites (tertiary alicyclic amines) is 1. The van der Waals surface area contributed by atoms with E-state index in [0.29, 0.717) is 30.5 Å². The predicted molar refractivity (Wildman–Crippen MR) is 99.3 cm³/mol. The van der Waals surface area contributed by atoms with Crippen LogP contribution in [-0.4, -0.2) is 42.1 Å². The molecule has 3 heterocycles. The summed E-state index contributed by atoms with van der Waals surface area (Å²) in [5.74, 6) is 2.88. The Bertz CT molecular complexity index is 801. The van der Waals surface area contributed by atoms with Crippen molar-refractivity contribution in [3.63, 3.8) is 0 Å². The number of piperidine rings is 1. The molecule has 2 aromatic rings. The van der Waals surface area contributed by atoms with Crippen LogP contribution in [0.5, 0.6) is 11.5 Å². The average molecular weight is 353 g/mol. The van der Waals surface area contributed by atoms with E-state index >= 15 is 0 Å². The van der Waals surface area contributed by atoms with E-state index < -0.39 is 0 Å². The number of fused-ring (bicyclic) bond motifs is 1. The van der Waals surface area contributed by atoms with Crippen molar-refractivity contribution in [1.29, 1.82) is 0 Å². The minimum absolute atomic E-state index is 0.0736. The maximum atomic E-state index is 12.7. The Balaban J connectivity index is 1.48. The Labute approximate surface area is 153 Å². The molecule has 136 valence electrons. The summed E-state index contributed by atoms with van der Waals surface area (Å²) in [4.78, 5) is 19.0. The number of amides is 1. The fourth-order valence-electron chi connectivity index (χ4n) is 3.30. The first kappa shape index (κ1) is 16.7. The first-order valence-corrected chi connectivity index (χ1v) is 9.11. The fourth-order valence-corrected chi connectivity index (χ4v) is 3.30. The number of pyridine rings is 1. The van der Waals surface area contributed by atoms with Crippen molar-refractivity contribution in [2.75, 3.05) is 31.6 Å². The van der Waals surface area contributed by atoms with Gasteiger partial charge in [0.2, 0.25) is 0 Å². The highest BCUT2D eigenvalue weighted by molar-refractivity contribution is 5.95. The average Bonchev–Trinajstić information content (AvgIpc) is 2.68. The van der Waals surface area contributed by atoms with Gasteiger partial charge in [0.25, 0.3) is 5.91 Å². The monoisotopic (exact) mass is 353 g/mol. The molecule has 1 aromatic heterocycles. The van der Waals surface area contributed by atoms with E-state index in [1.54, 1.807) is 18.3 Å². The molecule has 0 spiro atoms. The number of ether oxygens (including phenoxy) is 2. The first-order chi connectivity index (χ1) is 12.7. The fraction of sp³-hybridized carbons (Fsp3) is 0.400. The topological polar surface area (TPSA) is 63.7 Å². The van der Waals surface area contributed by atoms with Gasteiger partial charge in [-0.25, -0.2) is 4.98 Å². The van der Waals surface area contributed by atoms with Crippen molar-refractivity contribution >= 4 is 17.4 Å². The van der Waals surface area contributed by atoms with Crippen LogP contribution in [0.25, 0.3) is 0 Å². The van der Waals surface area contributed by atoms with Crippen LogP contribution in [0.1, 0.15) is 30.1 Å². The summed E-state index contributed by atoms with van der Waals surface area (Å²) in [7, 11) is 0. The molecule has 6 nitrogen and oxygen atoms in total. The molecule has 1 saturated heterocycles. The second-order valence-electron chi connectivity index (χ2n) is 6.89. The Morgan fingerprint density at radius 3 is 2.69 bits per heavy atom. The highest BCUT2D eigenvalue weighted by Crippen LogP contribution is 2.33. The third-order valence-electron chi connectivity index (χ3n) is 4.89. The Hall–Kier alpha value is -2.76. The minimum atomic E-state index is 0.0736. The summed E-state index contributed by atoms with van der Waals surface area (Å²) in [6.07, 6.45) is 3.80. The van der Waals surface area contributed by atoms with Crippen LogP contribution in [0.4, 0.5) is 11.5 Å². The van der Waals surface area contributed by atoms with E-state index in [1.807, 2.05) is 23.1 Å². The zero-order chi connectivity index (χ0) is 17.9. The van der Waals surface area contributed by atoms with Crippen LogP contribution in [0, 0.1) is 5.92 Å². The SMILES string of the molecule is CC1CCN(C(=O)c2ccnc(Nc3ccc4c(c3)OCCO4)c2)CC1.